The zero-order valence-electron chi connectivity index (χ0n) is 14.0. The van der Waals surface area contributed by atoms with Crippen LogP contribution in [0.4, 0.5) is 0 Å². The second-order valence-electron chi connectivity index (χ2n) is 8.34. The SMILES string of the molecule is CC(C)N1C[C@@H](C)N(C(C)(C)C)C[C@@H]1C(C)(C)C. The molecule has 0 aromatic rings. The third-order valence-electron chi connectivity index (χ3n) is 4.30. The summed E-state index contributed by atoms with van der Waals surface area (Å²) in [6.07, 6.45) is 0. The van der Waals surface area contributed by atoms with E-state index >= 15 is 0 Å². The summed E-state index contributed by atoms with van der Waals surface area (Å²) in [6.45, 7) is 23.6. The van der Waals surface area contributed by atoms with Crippen LogP contribution in [0.1, 0.15) is 62.3 Å². The molecule has 0 aromatic carbocycles. The molecular formula is C16H34N2. The van der Waals surface area contributed by atoms with Gasteiger partial charge < -0.3 is 0 Å². The van der Waals surface area contributed by atoms with Crippen molar-refractivity contribution in [2.75, 3.05) is 13.1 Å². The van der Waals surface area contributed by atoms with Gasteiger partial charge in [0.05, 0.1) is 0 Å². The van der Waals surface area contributed by atoms with Gasteiger partial charge in [-0.3, -0.25) is 9.80 Å². The molecule has 0 amide bonds. The summed E-state index contributed by atoms with van der Waals surface area (Å²) >= 11 is 0. The van der Waals surface area contributed by atoms with Gasteiger partial charge in [0, 0.05) is 36.8 Å². The van der Waals surface area contributed by atoms with Gasteiger partial charge in [-0.15, -0.1) is 0 Å². The predicted molar refractivity (Wildman–Crippen MR) is 81.0 cm³/mol. The minimum absolute atomic E-state index is 0.270. The van der Waals surface area contributed by atoms with Gasteiger partial charge in [0.1, 0.15) is 0 Å². The first-order valence-corrected chi connectivity index (χ1v) is 7.47. The van der Waals surface area contributed by atoms with Gasteiger partial charge in [0.2, 0.25) is 0 Å². The van der Waals surface area contributed by atoms with Crippen molar-refractivity contribution in [2.24, 2.45) is 5.41 Å². The van der Waals surface area contributed by atoms with Gasteiger partial charge in [-0.1, -0.05) is 20.8 Å². The molecule has 1 rings (SSSR count). The second-order valence-corrected chi connectivity index (χ2v) is 8.34. The van der Waals surface area contributed by atoms with Crippen LogP contribution in [0.5, 0.6) is 0 Å². The Morgan fingerprint density at radius 2 is 1.44 bits per heavy atom. The fourth-order valence-electron chi connectivity index (χ4n) is 3.28. The third kappa shape index (κ3) is 3.48. The highest BCUT2D eigenvalue weighted by atomic mass is 15.3. The Labute approximate surface area is 115 Å². The summed E-state index contributed by atoms with van der Waals surface area (Å²) in [5.74, 6) is 0. The molecule has 1 aliphatic rings. The fourth-order valence-corrected chi connectivity index (χ4v) is 3.28. The lowest BCUT2D eigenvalue weighted by atomic mass is 9.81. The normalized spacial score (nSPS) is 29.0. The Morgan fingerprint density at radius 3 is 1.78 bits per heavy atom. The molecule has 2 atom stereocenters. The summed E-state index contributed by atoms with van der Waals surface area (Å²) in [5, 5.41) is 0. The van der Waals surface area contributed by atoms with E-state index in [1.807, 2.05) is 0 Å². The quantitative estimate of drug-likeness (QED) is 0.705. The molecule has 1 saturated heterocycles. The summed E-state index contributed by atoms with van der Waals surface area (Å²) in [6, 6.07) is 1.93. The Balaban J connectivity index is 2.97. The molecule has 2 heteroatoms. The number of piperazine rings is 1. The van der Waals surface area contributed by atoms with Gasteiger partial charge in [0.25, 0.3) is 0 Å². The van der Waals surface area contributed by atoms with Crippen molar-refractivity contribution in [3.05, 3.63) is 0 Å². The fraction of sp³-hybridized carbons (Fsp3) is 1.00. The van der Waals surface area contributed by atoms with E-state index in [9.17, 15) is 0 Å². The first kappa shape index (κ1) is 16.0. The van der Waals surface area contributed by atoms with Crippen LogP contribution in [0.15, 0.2) is 0 Å². The van der Waals surface area contributed by atoms with Gasteiger partial charge in [-0.05, 0) is 47.0 Å². The standard InChI is InChI=1S/C16H34N2/c1-12(2)17-10-13(3)18(16(7,8)9)11-14(17)15(4,5)6/h12-14H,10-11H2,1-9H3/t13-,14-/m1/s1. The summed E-state index contributed by atoms with van der Waals surface area (Å²) in [5.41, 5.74) is 0.611. The van der Waals surface area contributed by atoms with E-state index in [4.69, 9.17) is 0 Å². The van der Waals surface area contributed by atoms with Gasteiger partial charge in [-0.2, -0.15) is 0 Å². The first-order valence-electron chi connectivity index (χ1n) is 7.47. The molecule has 0 aliphatic carbocycles. The van der Waals surface area contributed by atoms with E-state index < -0.39 is 0 Å². The molecule has 0 N–H and O–H groups in total. The molecule has 0 saturated carbocycles. The van der Waals surface area contributed by atoms with Crippen molar-refractivity contribution < 1.29 is 0 Å². The van der Waals surface area contributed by atoms with Crippen molar-refractivity contribution in [3.63, 3.8) is 0 Å². The molecule has 0 spiro atoms. The number of nitrogens with zero attached hydrogens (tertiary/aromatic N) is 2. The van der Waals surface area contributed by atoms with E-state index in [2.05, 4.69) is 72.1 Å². The maximum absolute atomic E-state index is 2.70. The van der Waals surface area contributed by atoms with Crippen LogP contribution in [-0.2, 0) is 0 Å². The molecule has 108 valence electrons. The second kappa shape index (κ2) is 5.13. The van der Waals surface area contributed by atoms with Crippen LogP contribution >= 0.6 is 0 Å². The molecule has 0 unspecified atom stereocenters. The van der Waals surface area contributed by atoms with E-state index in [-0.39, 0.29) is 5.54 Å². The van der Waals surface area contributed by atoms with Crippen LogP contribution in [0.2, 0.25) is 0 Å². The number of hydrogen-bond donors (Lipinski definition) is 0. The van der Waals surface area contributed by atoms with Crippen LogP contribution in [0.3, 0.4) is 0 Å². The monoisotopic (exact) mass is 254 g/mol. The minimum Gasteiger partial charge on any atom is -0.295 e. The number of rotatable bonds is 1. The average Bonchev–Trinajstić information content (AvgIpc) is 2.12. The molecule has 1 fully saturated rings. The zero-order chi connectivity index (χ0) is 14.3. The topological polar surface area (TPSA) is 6.48 Å². The highest BCUT2D eigenvalue weighted by Crippen LogP contribution is 2.33. The van der Waals surface area contributed by atoms with Crippen LogP contribution in [0, 0.1) is 5.41 Å². The Kier molecular flexibility index (Phi) is 4.55. The molecule has 0 radical (unpaired) electrons. The Morgan fingerprint density at radius 1 is 0.944 bits per heavy atom. The molecular weight excluding hydrogens is 220 g/mol. The minimum atomic E-state index is 0.270. The highest BCUT2D eigenvalue weighted by molar-refractivity contribution is 4.97. The summed E-state index contributed by atoms with van der Waals surface area (Å²) < 4.78 is 0. The van der Waals surface area contributed by atoms with E-state index in [1.54, 1.807) is 0 Å². The lowest BCUT2D eigenvalue weighted by Crippen LogP contribution is -2.66. The molecule has 0 aromatic heterocycles. The molecule has 1 aliphatic heterocycles. The van der Waals surface area contributed by atoms with Crippen molar-refractivity contribution in [3.8, 4) is 0 Å². The van der Waals surface area contributed by atoms with Crippen molar-refractivity contribution in [1.82, 2.24) is 9.80 Å². The van der Waals surface area contributed by atoms with E-state index in [0.29, 0.717) is 23.5 Å². The zero-order valence-corrected chi connectivity index (χ0v) is 14.0. The van der Waals surface area contributed by atoms with Crippen molar-refractivity contribution in [1.29, 1.82) is 0 Å². The largest absolute Gasteiger partial charge is 0.295 e. The van der Waals surface area contributed by atoms with Crippen molar-refractivity contribution in [2.45, 2.75) is 86.0 Å². The van der Waals surface area contributed by atoms with Crippen LogP contribution in [-0.4, -0.2) is 46.6 Å². The predicted octanol–water partition coefficient (Wildman–Crippen LogP) is 3.61. The molecule has 18 heavy (non-hydrogen) atoms. The lowest BCUT2D eigenvalue weighted by molar-refractivity contribution is -0.0623. The van der Waals surface area contributed by atoms with E-state index in [1.165, 1.54) is 13.1 Å². The Hall–Kier alpha value is -0.0800. The van der Waals surface area contributed by atoms with Gasteiger partial charge in [0.15, 0.2) is 0 Å². The lowest BCUT2D eigenvalue weighted by Gasteiger charge is -2.55. The Bertz CT molecular complexity index is 270. The molecule has 2 nitrogen and oxygen atoms in total. The first-order chi connectivity index (χ1) is 7.94. The highest BCUT2D eigenvalue weighted by Gasteiger charge is 2.42. The van der Waals surface area contributed by atoms with Crippen LogP contribution in [0.25, 0.3) is 0 Å². The average molecular weight is 254 g/mol. The van der Waals surface area contributed by atoms with E-state index in [0.717, 1.165) is 0 Å². The molecule has 1 heterocycles. The van der Waals surface area contributed by atoms with Crippen LogP contribution < -0.4 is 0 Å². The number of hydrogen-bond acceptors (Lipinski definition) is 2. The third-order valence-corrected chi connectivity index (χ3v) is 4.30. The summed E-state index contributed by atoms with van der Waals surface area (Å²) in [4.78, 5) is 5.38. The van der Waals surface area contributed by atoms with Crippen molar-refractivity contribution >= 4 is 0 Å². The maximum atomic E-state index is 2.70. The van der Waals surface area contributed by atoms with Gasteiger partial charge >= 0.3 is 0 Å². The molecule has 0 bridgehead atoms. The summed E-state index contributed by atoms with van der Waals surface area (Å²) in [7, 11) is 0. The maximum Gasteiger partial charge on any atom is 0.0275 e. The van der Waals surface area contributed by atoms with Gasteiger partial charge in [-0.25, -0.2) is 0 Å². The smallest absolute Gasteiger partial charge is 0.0275 e.